The topological polar surface area (TPSA) is 37.3 Å². The fourth-order valence-electron chi connectivity index (χ4n) is 2.05. The summed E-state index contributed by atoms with van der Waals surface area (Å²) in [7, 11) is 0. The monoisotopic (exact) mass is 190 g/mol. The van der Waals surface area contributed by atoms with Crippen molar-refractivity contribution in [1.29, 1.82) is 0 Å². The maximum atomic E-state index is 10.7. The Balaban J connectivity index is 2.23. The van der Waals surface area contributed by atoms with Gasteiger partial charge in [-0.25, -0.2) is 0 Å². The molecule has 1 aromatic rings. The van der Waals surface area contributed by atoms with Crippen LogP contribution in [-0.4, -0.2) is 11.1 Å². The highest BCUT2D eigenvalue weighted by molar-refractivity contribution is 5.75. The molecule has 2 heteroatoms. The molecule has 0 radical (unpaired) electrons. The fraction of sp³-hybridized carbons (Fsp3) is 0.417. The van der Waals surface area contributed by atoms with Crippen molar-refractivity contribution in [3.8, 4) is 0 Å². The van der Waals surface area contributed by atoms with Gasteiger partial charge in [0.1, 0.15) is 0 Å². The van der Waals surface area contributed by atoms with Gasteiger partial charge in [0.2, 0.25) is 0 Å². The van der Waals surface area contributed by atoms with E-state index in [-0.39, 0.29) is 11.8 Å². The molecule has 0 spiro atoms. The zero-order chi connectivity index (χ0) is 10.3. The van der Waals surface area contributed by atoms with Gasteiger partial charge in [-0.2, -0.15) is 0 Å². The summed E-state index contributed by atoms with van der Waals surface area (Å²) in [6.07, 6.45) is 0.805. The maximum absolute atomic E-state index is 10.7. The van der Waals surface area contributed by atoms with Crippen LogP contribution in [0.15, 0.2) is 18.2 Å². The Kier molecular flexibility index (Phi) is 2.06. The van der Waals surface area contributed by atoms with E-state index in [4.69, 9.17) is 5.11 Å². The van der Waals surface area contributed by atoms with Gasteiger partial charge in [0.05, 0.1) is 5.92 Å². The lowest BCUT2D eigenvalue weighted by molar-refractivity contribution is -0.138. The predicted octanol–water partition coefficient (Wildman–Crippen LogP) is 2.49. The molecule has 1 N–H and O–H groups in total. The second kappa shape index (κ2) is 3.12. The molecule has 0 aromatic heterocycles. The summed E-state index contributed by atoms with van der Waals surface area (Å²) in [5, 5.41) is 8.83. The van der Waals surface area contributed by atoms with Gasteiger partial charge in [0, 0.05) is 0 Å². The van der Waals surface area contributed by atoms with Gasteiger partial charge in [-0.1, -0.05) is 23.8 Å². The smallest absolute Gasteiger partial charge is 0.307 e. The third-order valence-corrected chi connectivity index (χ3v) is 2.93. The molecular formula is C12H14O2. The van der Waals surface area contributed by atoms with Crippen LogP contribution < -0.4 is 0 Å². The van der Waals surface area contributed by atoms with E-state index < -0.39 is 5.97 Å². The Bertz CT molecular complexity index is 382. The first-order valence-corrected chi connectivity index (χ1v) is 4.89. The number of carboxylic acids is 1. The van der Waals surface area contributed by atoms with Gasteiger partial charge >= 0.3 is 5.97 Å². The molecule has 0 bridgehead atoms. The zero-order valence-electron chi connectivity index (χ0n) is 8.45. The van der Waals surface area contributed by atoms with Crippen LogP contribution in [-0.2, 0) is 4.79 Å². The van der Waals surface area contributed by atoms with Crippen molar-refractivity contribution in [2.45, 2.75) is 26.2 Å². The van der Waals surface area contributed by atoms with E-state index in [0.717, 1.165) is 6.42 Å². The van der Waals surface area contributed by atoms with E-state index in [0.29, 0.717) is 0 Å². The number of aryl methyl sites for hydroxylation is 2. The van der Waals surface area contributed by atoms with E-state index in [2.05, 4.69) is 32.0 Å². The molecule has 0 heterocycles. The molecule has 14 heavy (non-hydrogen) atoms. The van der Waals surface area contributed by atoms with Crippen molar-refractivity contribution in [3.05, 3.63) is 34.9 Å². The summed E-state index contributed by atoms with van der Waals surface area (Å²) in [5.74, 6) is -0.542. The third kappa shape index (κ3) is 1.52. The van der Waals surface area contributed by atoms with Crippen molar-refractivity contribution < 1.29 is 9.90 Å². The number of hydrogen-bond acceptors (Lipinski definition) is 1. The highest BCUT2D eigenvalue weighted by Gasteiger charge is 2.44. The maximum Gasteiger partial charge on any atom is 0.307 e. The molecule has 2 unspecified atom stereocenters. The third-order valence-electron chi connectivity index (χ3n) is 2.93. The molecule has 2 atom stereocenters. The van der Waals surface area contributed by atoms with Crippen molar-refractivity contribution in [3.63, 3.8) is 0 Å². The lowest BCUT2D eigenvalue weighted by Crippen LogP contribution is -1.99. The van der Waals surface area contributed by atoms with Crippen LogP contribution in [0.5, 0.6) is 0 Å². The number of rotatable bonds is 2. The Hall–Kier alpha value is -1.31. The summed E-state index contributed by atoms with van der Waals surface area (Å²) in [6, 6.07) is 6.24. The van der Waals surface area contributed by atoms with Crippen LogP contribution in [0.3, 0.4) is 0 Å². The van der Waals surface area contributed by atoms with Crippen molar-refractivity contribution in [2.75, 3.05) is 0 Å². The quantitative estimate of drug-likeness (QED) is 0.778. The van der Waals surface area contributed by atoms with Crippen LogP contribution in [0.1, 0.15) is 29.0 Å². The first-order chi connectivity index (χ1) is 6.59. The molecule has 1 aliphatic carbocycles. The van der Waals surface area contributed by atoms with Crippen LogP contribution >= 0.6 is 0 Å². The molecular weight excluding hydrogens is 176 g/mol. The van der Waals surface area contributed by atoms with E-state index in [1.807, 2.05) is 0 Å². The second-order valence-corrected chi connectivity index (χ2v) is 4.15. The number of carbonyl (C=O) groups is 1. The first kappa shape index (κ1) is 9.25. The summed E-state index contributed by atoms with van der Waals surface area (Å²) in [6.45, 7) is 4.11. The lowest BCUT2D eigenvalue weighted by atomic mass is 10.0. The van der Waals surface area contributed by atoms with E-state index >= 15 is 0 Å². The van der Waals surface area contributed by atoms with E-state index in [1.54, 1.807) is 0 Å². The minimum atomic E-state index is -0.657. The summed E-state index contributed by atoms with van der Waals surface area (Å²) < 4.78 is 0. The van der Waals surface area contributed by atoms with E-state index in [1.165, 1.54) is 16.7 Å². The minimum Gasteiger partial charge on any atom is -0.481 e. The van der Waals surface area contributed by atoms with Gasteiger partial charge in [-0.15, -0.1) is 0 Å². The van der Waals surface area contributed by atoms with Gasteiger partial charge in [0.15, 0.2) is 0 Å². The molecule has 1 aromatic carbocycles. The Morgan fingerprint density at radius 2 is 2.14 bits per heavy atom. The summed E-state index contributed by atoms with van der Waals surface area (Å²) >= 11 is 0. The Labute approximate surface area is 83.6 Å². The SMILES string of the molecule is Cc1ccc(C2CC2C(=O)O)c(C)c1. The fourth-order valence-corrected chi connectivity index (χ4v) is 2.05. The van der Waals surface area contributed by atoms with Crippen LogP contribution in [0.4, 0.5) is 0 Å². The number of carboxylic acid groups (broad SMARTS) is 1. The second-order valence-electron chi connectivity index (χ2n) is 4.15. The zero-order valence-corrected chi connectivity index (χ0v) is 8.45. The number of benzene rings is 1. The number of aliphatic carboxylic acids is 1. The van der Waals surface area contributed by atoms with Gasteiger partial charge in [-0.3, -0.25) is 4.79 Å². The minimum absolute atomic E-state index is 0.142. The van der Waals surface area contributed by atoms with Gasteiger partial charge in [0.25, 0.3) is 0 Å². The van der Waals surface area contributed by atoms with Crippen molar-refractivity contribution in [1.82, 2.24) is 0 Å². The summed E-state index contributed by atoms with van der Waals surface area (Å²) in [4.78, 5) is 10.7. The van der Waals surface area contributed by atoms with E-state index in [9.17, 15) is 4.79 Å². The van der Waals surface area contributed by atoms with Gasteiger partial charge in [-0.05, 0) is 37.3 Å². The van der Waals surface area contributed by atoms with Gasteiger partial charge < -0.3 is 5.11 Å². The molecule has 0 aliphatic heterocycles. The summed E-state index contributed by atoms with van der Waals surface area (Å²) in [5.41, 5.74) is 3.67. The average Bonchev–Trinajstić information content (AvgIpc) is 2.83. The predicted molar refractivity (Wildman–Crippen MR) is 54.4 cm³/mol. The molecule has 1 fully saturated rings. The first-order valence-electron chi connectivity index (χ1n) is 4.89. The molecule has 2 rings (SSSR count). The standard InChI is InChI=1S/C12H14O2/c1-7-3-4-9(8(2)5-7)10-6-11(10)12(13)14/h3-5,10-11H,6H2,1-2H3,(H,13,14). The van der Waals surface area contributed by atoms with Crippen molar-refractivity contribution >= 4 is 5.97 Å². The van der Waals surface area contributed by atoms with Crippen molar-refractivity contribution in [2.24, 2.45) is 5.92 Å². The highest BCUT2D eigenvalue weighted by atomic mass is 16.4. The van der Waals surface area contributed by atoms with Crippen LogP contribution in [0.25, 0.3) is 0 Å². The molecule has 2 nitrogen and oxygen atoms in total. The molecule has 74 valence electrons. The van der Waals surface area contributed by atoms with Crippen LogP contribution in [0, 0.1) is 19.8 Å². The lowest BCUT2D eigenvalue weighted by Gasteiger charge is -2.04. The molecule has 1 saturated carbocycles. The normalized spacial score (nSPS) is 24.7. The number of hydrogen-bond donors (Lipinski definition) is 1. The largest absolute Gasteiger partial charge is 0.481 e. The molecule has 0 amide bonds. The highest BCUT2D eigenvalue weighted by Crippen LogP contribution is 2.48. The molecule has 0 saturated heterocycles. The Morgan fingerprint density at radius 3 is 2.64 bits per heavy atom. The Morgan fingerprint density at radius 1 is 1.43 bits per heavy atom. The van der Waals surface area contributed by atoms with Crippen LogP contribution in [0.2, 0.25) is 0 Å². The average molecular weight is 190 g/mol. The molecule has 1 aliphatic rings.